The lowest BCUT2D eigenvalue weighted by molar-refractivity contribution is 0.130. The van der Waals surface area contributed by atoms with E-state index >= 15 is 0 Å². The maximum Gasteiger partial charge on any atom is -0.0323 e. The molecule has 16 heavy (non-hydrogen) atoms. The molecule has 1 aliphatic carbocycles. The third-order valence-corrected chi connectivity index (χ3v) is 5.31. The van der Waals surface area contributed by atoms with Gasteiger partial charge < -0.3 is 0 Å². The number of hydrogen-bond acceptors (Lipinski definition) is 0. The van der Waals surface area contributed by atoms with E-state index in [2.05, 4.69) is 48.5 Å². The summed E-state index contributed by atoms with van der Waals surface area (Å²) in [4.78, 5) is 0. The summed E-state index contributed by atoms with van der Waals surface area (Å²) in [5.41, 5.74) is 0.508. The number of hydrogen-bond donors (Lipinski definition) is 0. The first-order valence-corrected chi connectivity index (χ1v) is 7.29. The summed E-state index contributed by atoms with van der Waals surface area (Å²) in [6.07, 6.45) is 4.31. The van der Waals surface area contributed by atoms with Crippen LogP contribution in [0.1, 0.15) is 67.7 Å². The Hall–Kier alpha value is 0. The normalized spacial score (nSPS) is 29.2. The zero-order chi connectivity index (χ0) is 12.5. The Morgan fingerprint density at radius 2 is 1.69 bits per heavy atom. The molecule has 0 amide bonds. The molecule has 0 bridgehead atoms. The molecule has 0 aromatic carbocycles. The highest BCUT2D eigenvalue weighted by Gasteiger charge is 2.42. The molecule has 0 aromatic rings. The first kappa shape index (κ1) is 14.1. The molecule has 0 aromatic heterocycles. The van der Waals surface area contributed by atoms with Gasteiger partial charge in [-0.05, 0) is 47.8 Å². The Morgan fingerprint density at radius 1 is 1.12 bits per heavy atom. The molecule has 1 rings (SSSR count). The lowest BCUT2D eigenvalue weighted by Crippen LogP contribution is -2.28. The van der Waals surface area contributed by atoms with Crippen LogP contribution in [0.5, 0.6) is 0 Å². The van der Waals surface area contributed by atoms with E-state index in [9.17, 15) is 0 Å². The monoisotopic (exact) mass is 224 g/mol. The fourth-order valence-electron chi connectivity index (χ4n) is 3.51. The van der Waals surface area contributed by atoms with Crippen LogP contribution in [-0.4, -0.2) is 0 Å². The van der Waals surface area contributed by atoms with Crippen molar-refractivity contribution in [2.75, 3.05) is 0 Å². The van der Waals surface area contributed by atoms with Gasteiger partial charge in [-0.1, -0.05) is 54.9 Å². The summed E-state index contributed by atoms with van der Waals surface area (Å²) in [7, 11) is 0. The van der Waals surface area contributed by atoms with E-state index < -0.39 is 0 Å². The molecular weight excluding hydrogens is 192 g/mol. The average Bonchev–Trinajstić information content (AvgIpc) is 2.94. The molecule has 0 N–H and O–H groups in total. The molecule has 4 atom stereocenters. The Bertz CT molecular complexity index is 214. The standard InChI is InChI=1S/C16H32/c1-8-14-9-15(14)12(4)10-16(6,7)13(5)11(2)3/h11-15H,8-10H2,1-7H3. The predicted octanol–water partition coefficient (Wildman–Crippen LogP) is 5.38. The molecular formula is C16H32. The fourth-order valence-corrected chi connectivity index (χ4v) is 3.51. The smallest absolute Gasteiger partial charge is 0.0323 e. The van der Waals surface area contributed by atoms with Crippen LogP contribution >= 0.6 is 0 Å². The van der Waals surface area contributed by atoms with Gasteiger partial charge in [0.1, 0.15) is 0 Å². The van der Waals surface area contributed by atoms with Crippen molar-refractivity contribution in [2.24, 2.45) is 35.0 Å². The van der Waals surface area contributed by atoms with Gasteiger partial charge in [-0.2, -0.15) is 0 Å². The van der Waals surface area contributed by atoms with E-state index in [0.29, 0.717) is 5.41 Å². The van der Waals surface area contributed by atoms with Crippen LogP contribution < -0.4 is 0 Å². The largest absolute Gasteiger partial charge is 0.0651 e. The highest BCUT2D eigenvalue weighted by Crippen LogP contribution is 2.50. The van der Waals surface area contributed by atoms with Crippen molar-refractivity contribution in [2.45, 2.75) is 67.7 Å². The molecule has 1 aliphatic rings. The third-order valence-electron chi connectivity index (χ3n) is 5.31. The molecule has 0 saturated heterocycles. The van der Waals surface area contributed by atoms with Crippen LogP contribution in [0.25, 0.3) is 0 Å². The van der Waals surface area contributed by atoms with Crippen LogP contribution in [-0.2, 0) is 0 Å². The molecule has 0 heterocycles. The first-order valence-electron chi connectivity index (χ1n) is 7.29. The Morgan fingerprint density at radius 3 is 2.06 bits per heavy atom. The topological polar surface area (TPSA) is 0 Å². The van der Waals surface area contributed by atoms with Gasteiger partial charge >= 0.3 is 0 Å². The van der Waals surface area contributed by atoms with Crippen LogP contribution in [0.2, 0.25) is 0 Å². The summed E-state index contributed by atoms with van der Waals surface area (Å²) in [6, 6.07) is 0. The van der Waals surface area contributed by atoms with E-state index in [0.717, 1.165) is 29.6 Å². The van der Waals surface area contributed by atoms with Crippen LogP contribution in [0.15, 0.2) is 0 Å². The lowest BCUT2D eigenvalue weighted by atomic mass is 9.69. The van der Waals surface area contributed by atoms with Gasteiger partial charge in [0.05, 0.1) is 0 Å². The van der Waals surface area contributed by atoms with Gasteiger partial charge in [0.15, 0.2) is 0 Å². The molecule has 1 saturated carbocycles. The van der Waals surface area contributed by atoms with Crippen molar-refractivity contribution in [1.29, 1.82) is 0 Å². The van der Waals surface area contributed by atoms with Gasteiger partial charge in [0, 0.05) is 0 Å². The molecule has 0 spiro atoms. The van der Waals surface area contributed by atoms with E-state index in [1.165, 1.54) is 19.3 Å². The second-order valence-corrected chi connectivity index (χ2v) is 7.27. The molecule has 0 heteroatoms. The summed E-state index contributed by atoms with van der Waals surface area (Å²) >= 11 is 0. The summed E-state index contributed by atoms with van der Waals surface area (Å²) in [5.74, 6) is 4.67. The zero-order valence-electron chi connectivity index (χ0n) is 12.5. The molecule has 96 valence electrons. The van der Waals surface area contributed by atoms with E-state index in [1.54, 1.807) is 0 Å². The summed E-state index contributed by atoms with van der Waals surface area (Å²) in [6.45, 7) is 16.9. The SMILES string of the molecule is CCC1CC1C(C)CC(C)(C)C(C)C(C)C. The maximum absolute atomic E-state index is 2.48. The van der Waals surface area contributed by atoms with Crippen LogP contribution in [0.3, 0.4) is 0 Å². The second-order valence-electron chi connectivity index (χ2n) is 7.27. The van der Waals surface area contributed by atoms with Crippen molar-refractivity contribution in [3.63, 3.8) is 0 Å². The minimum absolute atomic E-state index is 0.508. The minimum atomic E-state index is 0.508. The summed E-state index contributed by atoms with van der Waals surface area (Å²) in [5, 5.41) is 0. The second kappa shape index (κ2) is 5.10. The quantitative estimate of drug-likeness (QED) is 0.568. The fraction of sp³-hybridized carbons (Fsp3) is 1.00. The van der Waals surface area contributed by atoms with Crippen molar-refractivity contribution in [3.8, 4) is 0 Å². The Balaban J connectivity index is 2.46. The third kappa shape index (κ3) is 3.25. The van der Waals surface area contributed by atoms with Gasteiger partial charge in [-0.15, -0.1) is 0 Å². The predicted molar refractivity (Wildman–Crippen MR) is 73.5 cm³/mol. The van der Waals surface area contributed by atoms with Crippen LogP contribution in [0, 0.1) is 35.0 Å². The Labute approximate surface area is 103 Å². The van der Waals surface area contributed by atoms with Crippen molar-refractivity contribution in [3.05, 3.63) is 0 Å². The van der Waals surface area contributed by atoms with Gasteiger partial charge in [0.25, 0.3) is 0 Å². The van der Waals surface area contributed by atoms with Gasteiger partial charge in [-0.3, -0.25) is 0 Å². The van der Waals surface area contributed by atoms with Crippen LogP contribution in [0.4, 0.5) is 0 Å². The molecule has 0 aliphatic heterocycles. The maximum atomic E-state index is 2.48. The highest BCUT2D eigenvalue weighted by atomic mass is 14.5. The van der Waals surface area contributed by atoms with Gasteiger partial charge in [0.2, 0.25) is 0 Å². The molecule has 1 fully saturated rings. The number of rotatable bonds is 6. The highest BCUT2D eigenvalue weighted by molar-refractivity contribution is 4.91. The average molecular weight is 224 g/mol. The molecule has 0 nitrogen and oxygen atoms in total. The van der Waals surface area contributed by atoms with Crippen molar-refractivity contribution < 1.29 is 0 Å². The Kier molecular flexibility index (Phi) is 4.49. The molecule has 4 unspecified atom stereocenters. The summed E-state index contributed by atoms with van der Waals surface area (Å²) < 4.78 is 0. The van der Waals surface area contributed by atoms with E-state index in [4.69, 9.17) is 0 Å². The first-order chi connectivity index (χ1) is 7.29. The molecule has 0 radical (unpaired) electrons. The van der Waals surface area contributed by atoms with Gasteiger partial charge in [-0.25, -0.2) is 0 Å². The van der Waals surface area contributed by atoms with E-state index in [1.807, 2.05) is 0 Å². The minimum Gasteiger partial charge on any atom is -0.0651 e. The zero-order valence-corrected chi connectivity index (χ0v) is 12.5. The van der Waals surface area contributed by atoms with Crippen molar-refractivity contribution in [1.82, 2.24) is 0 Å². The lowest BCUT2D eigenvalue weighted by Gasteiger charge is -2.37. The van der Waals surface area contributed by atoms with E-state index in [-0.39, 0.29) is 0 Å². The van der Waals surface area contributed by atoms with Crippen molar-refractivity contribution >= 4 is 0 Å².